The van der Waals surface area contributed by atoms with Crippen molar-refractivity contribution in [3.05, 3.63) is 6.33 Å². The van der Waals surface area contributed by atoms with Crippen molar-refractivity contribution in [2.24, 2.45) is 7.05 Å². The topological polar surface area (TPSA) is 81.2 Å². The first-order valence-corrected chi connectivity index (χ1v) is 6.51. The summed E-state index contributed by atoms with van der Waals surface area (Å²) in [5.41, 5.74) is 5.57. The first kappa shape index (κ1) is 13.0. The normalized spacial score (nSPS) is 14.3. The van der Waals surface area contributed by atoms with Crippen LogP contribution in [0.1, 0.15) is 20.3 Å². The highest BCUT2D eigenvalue weighted by Crippen LogP contribution is 2.21. The van der Waals surface area contributed by atoms with E-state index in [0.29, 0.717) is 0 Å². The predicted molar refractivity (Wildman–Crippen MR) is 62.3 cm³/mol. The van der Waals surface area contributed by atoms with Crippen molar-refractivity contribution in [2.75, 3.05) is 12.8 Å². The van der Waals surface area contributed by atoms with Crippen LogP contribution in [0.4, 0.5) is 5.82 Å². The Kier molecular flexibility index (Phi) is 3.59. The molecule has 1 aromatic heterocycles. The van der Waals surface area contributed by atoms with Crippen LogP contribution >= 0.6 is 0 Å². The molecule has 0 aromatic carbocycles. The van der Waals surface area contributed by atoms with E-state index in [9.17, 15) is 8.42 Å². The van der Waals surface area contributed by atoms with E-state index in [1.807, 2.05) is 13.8 Å². The van der Waals surface area contributed by atoms with Gasteiger partial charge in [-0.25, -0.2) is 13.4 Å². The second-order valence-electron chi connectivity index (χ2n) is 3.82. The predicted octanol–water partition coefficient (Wildman–Crippen LogP) is 0.421. The number of sulfonamides is 1. The molecular formula is C9H18N4O2S. The van der Waals surface area contributed by atoms with Crippen molar-refractivity contribution >= 4 is 15.8 Å². The average Bonchev–Trinajstić information content (AvgIpc) is 2.56. The zero-order valence-corrected chi connectivity index (χ0v) is 10.8. The van der Waals surface area contributed by atoms with Gasteiger partial charge in [-0.2, -0.15) is 4.31 Å². The van der Waals surface area contributed by atoms with Gasteiger partial charge in [0.25, 0.3) is 10.0 Å². The molecule has 2 N–H and O–H groups in total. The van der Waals surface area contributed by atoms with Crippen LogP contribution in [0.15, 0.2) is 11.4 Å². The van der Waals surface area contributed by atoms with E-state index in [1.54, 1.807) is 14.1 Å². The Balaban J connectivity index is 3.22. The van der Waals surface area contributed by atoms with E-state index in [2.05, 4.69) is 4.98 Å². The number of aromatic nitrogens is 2. The van der Waals surface area contributed by atoms with Gasteiger partial charge in [0.05, 0.1) is 6.33 Å². The number of nitrogens with zero attached hydrogens (tertiary/aromatic N) is 3. The molecule has 6 nitrogen and oxygen atoms in total. The second kappa shape index (κ2) is 4.42. The molecule has 1 aromatic rings. The monoisotopic (exact) mass is 246 g/mol. The molecule has 0 saturated heterocycles. The van der Waals surface area contributed by atoms with E-state index in [0.717, 1.165) is 6.42 Å². The lowest BCUT2D eigenvalue weighted by Gasteiger charge is -2.23. The molecule has 7 heteroatoms. The Labute approximate surface area is 96.1 Å². The van der Waals surface area contributed by atoms with Gasteiger partial charge in [0, 0.05) is 20.1 Å². The third-order valence-corrected chi connectivity index (χ3v) is 4.85. The summed E-state index contributed by atoms with van der Waals surface area (Å²) in [6, 6.07) is -0.0701. The number of anilines is 1. The largest absolute Gasteiger partial charge is 0.381 e. The average molecular weight is 246 g/mol. The van der Waals surface area contributed by atoms with Crippen LogP contribution in [0.3, 0.4) is 0 Å². The zero-order chi connectivity index (χ0) is 12.5. The Morgan fingerprint density at radius 3 is 2.56 bits per heavy atom. The van der Waals surface area contributed by atoms with E-state index >= 15 is 0 Å². The molecular weight excluding hydrogens is 228 g/mol. The summed E-state index contributed by atoms with van der Waals surface area (Å²) in [5, 5.41) is 0.0512. The Bertz CT molecular complexity index is 446. The fourth-order valence-electron chi connectivity index (χ4n) is 1.38. The Hall–Kier alpha value is -1.08. The maximum atomic E-state index is 12.2. The van der Waals surface area contributed by atoms with Gasteiger partial charge in [0.2, 0.25) is 0 Å². The second-order valence-corrected chi connectivity index (χ2v) is 5.74. The smallest absolute Gasteiger partial charge is 0.262 e. The van der Waals surface area contributed by atoms with Gasteiger partial charge in [0.1, 0.15) is 0 Å². The molecule has 92 valence electrons. The van der Waals surface area contributed by atoms with E-state index < -0.39 is 10.0 Å². The summed E-state index contributed by atoms with van der Waals surface area (Å²) in [7, 11) is -0.396. The van der Waals surface area contributed by atoms with Gasteiger partial charge >= 0.3 is 0 Å². The highest BCUT2D eigenvalue weighted by Gasteiger charge is 2.29. The number of aryl methyl sites for hydroxylation is 1. The third-order valence-electron chi connectivity index (χ3n) is 2.74. The van der Waals surface area contributed by atoms with E-state index in [4.69, 9.17) is 5.73 Å². The first-order valence-electron chi connectivity index (χ1n) is 5.07. The molecule has 0 radical (unpaired) electrons. The first-order chi connectivity index (χ1) is 7.32. The molecule has 0 saturated carbocycles. The molecule has 0 spiro atoms. The SMILES string of the molecule is CCC(C)N(C)S(=O)(=O)c1c(N)ncn1C. The van der Waals surface area contributed by atoms with Crippen molar-refractivity contribution in [1.29, 1.82) is 0 Å². The number of rotatable bonds is 4. The molecule has 0 bridgehead atoms. The van der Waals surface area contributed by atoms with Gasteiger partial charge in [0.15, 0.2) is 10.8 Å². The molecule has 0 amide bonds. The number of nitrogen functional groups attached to an aromatic ring is 1. The lowest BCUT2D eigenvalue weighted by atomic mass is 10.3. The zero-order valence-electron chi connectivity index (χ0n) is 10.0. The van der Waals surface area contributed by atoms with E-state index in [-0.39, 0.29) is 16.9 Å². The molecule has 0 aliphatic heterocycles. The van der Waals surface area contributed by atoms with Crippen molar-refractivity contribution in [1.82, 2.24) is 13.9 Å². The minimum absolute atomic E-state index is 0.0395. The minimum atomic E-state index is -3.56. The van der Waals surface area contributed by atoms with Crippen LogP contribution in [0, 0.1) is 0 Å². The summed E-state index contributed by atoms with van der Waals surface area (Å²) in [5.74, 6) is 0.0395. The van der Waals surface area contributed by atoms with Gasteiger partial charge in [-0.05, 0) is 13.3 Å². The van der Waals surface area contributed by atoms with Gasteiger partial charge in [-0.1, -0.05) is 6.92 Å². The number of imidazole rings is 1. The number of hydrogen-bond donors (Lipinski definition) is 1. The van der Waals surface area contributed by atoms with Crippen LogP contribution in [-0.4, -0.2) is 35.4 Å². The highest BCUT2D eigenvalue weighted by atomic mass is 32.2. The van der Waals surface area contributed by atoms with E-state index in [1.165, 1.54) is 15.2 Å². The summed E-state index contributed by atoms with van der Waals surface area (Å²) >= 11 is 0. The summed E-state index contributed by atoms with van der Waals surface area (Å²) < 4.78 is 27.2. The molecule has 1 rings (SSSR count). The van der Waals surface area contributed by atoms with Crippen molar-refractivity contribution in [3.63, 3.8) is 0 Å². The minimum Gasteiger partial charge on any atom is -0.381 e. The molecule has 16 heavy (non-hydrogen) atoms. The maximum Gasteiger partial charge on any atom is 0.262 e. The molecule has 1 atom stereocenters. The quantitative estimate of drug-likeness (QED) is 0.835. The molecule has 0 aliphatic carbocycles. The van der Waals surface area contributed by atoms with Crippen LogP contribution in [-0.2, 0) is 17.1 Å². The van der Waals surface area contributed by atoms with Crippen molar-refractivity contribution in [2.45, 2.75) is 31.3 Å². The Morgan fingerprint density at radius 1 is 1.62 bits per heavy atom. The van der Waals surface area contributed by atoms with Gasteiger partial charge < -0.3 is 10.3 Å². The lowest BCUT2D eigenvalue weighted by molar-refractivity contribution is 0.378. The summed E-state index contributed by atoms with van der Waals surface area (Å²) in [6.07, 6.45) is 2.14. The molecule has 1 heterocycles. The van der Waals surface area contributed by atoms with Gasteiger partial charge in [-0.3, -0.25) is 0 Å². The van der Waals surface area contributed by atoms with Crippen LogP contribution in [0.25, 0.3) is 0 Å². The molecule has 0 fully saturated rings. The third kappa shape index (κ3) is 2.05. The van der Waals surface area contributed by atoms with Crippen molar-refractivity contribution in [3.8, 4) is 0 Å². The maximum absolute atomic E-state index is 12.2. The highest BCUT2D eigenvalue weighted by molar-refractivity contribution is 7.89. The fourth-order valence-corrected chi connectivity index (χ4v) is 3.01. The van der Waals surface area contributed by atoms with Crippen LogP contribution in [0.2, 0.25) is 0 Å². The van der Waals surface area contributed by atoms with Crippen molar-refractivity contribution < 1.29 is 8.42 Å². The molecule has 0 aliphatic rings. The summed E-state index contributed by atoms with van der Waals surface area (Å²) in [4.78, 5) is 3.78. The summed E-state index contributed by atoms with van der Waals surface area (Å²) in [6.45, 7) is 3.79. The van der Waals surface area contributed by atoms with Crippen LogP contribution in [0.5, 0.6) is 0 Å². The Morgan fingerprint density at radius 2 is 2.19 bits per heavy atom. The van der Waals surface area contributed by atoms with Crippen LogP contribution < -0.4 is 5.73 Å². The van der Waals surface area contributed by atoms with Gasteiger partial charge in [-0.15, -0.1) is 0 Å². The lowest BCUT2D eigenvalue weighted by Crippen LogP contribution is -2.35. The molecule has 1 unspecified atom stereocenters. The fraction of sp³-hybridized carbons (Fsp3) is 0.667. The number of nitrogens with two attached hydrogens (primary N) is 1. The number of hydrogen-bond acceptors (Lipinski definition) is 4. The standard InChI is InChI=1S/C9H18N4O2S/c1-5-7(2)13(4)16(14,15)9-8(10)11-6-12(9)3/h6-7H,5,10H2,1-4H3.